The Kier molecular flexibility index (Phi) is 4.46. The van der Waals surface area contributed by atoms with Crippen LogP contribution in [0.3, 0.4) is 0 Å². The second-order valence-corrected chi connectivity index (χ2v) is 7.97. The topological polar surface area (TPSA) is 68.1 Å². The number of pyridine rings is 1. The van der Waals surface area contributed by atoms with E-state index in [4.69, 9.17) is 0 Å². The highest BCUT2D eigenvalue weighted by molar-refractivity contribution is 5.95. The number of nitrogens with zero attached hydrogens (tertiary/aromatic N) is 4. The first-order valence-corrected chi connectivity index (χ1v) is 8.99. The standard InChI is InChI=1S/C20H26N4O2/c1-7-24-13(3)8-12(2)16(18(24)26)17(25)23-10-14-9-21-19(20(4,5)6)22-15(14)11-23/h8-9H,7,10-11H2,1-6H3. The van der Waals surface area contributed by atoms with Crippen molar-refractivity contribution in [3.05, 3.63) is 56.5 Å². The molecule has 1 aliphatic rings. The van der Waals surface area contributed by atoms with Gasteiger partial charge >= 0.3 is 0 Å². The molecule has 6 nitrogen and oxygen atoms in total. The lowest BCUT2D eigenvalue weighted by atomic mass is 9.95. The van der Waals surface area contributed by atoms with Gasteiger partial charge in [0.15, 0.2) is 0 Å². The Bertz CT molecular complexity index is 938. The molecule has 0 aliphatic carbocycles. The third-order valence-corrected chi connectivity index (χ3v) is 4.85. The monoisotopic (exact) mass is 354 g/mol. The van der Waals surface area contributed by atoms with Gasteiger partial charge in [-0.1, -0.05) is 20.8 Å². The Morgan fingerprint density at radius 2 is 1.92 bits per heavy atom. The summed E-state index contributed by atoms with van der Waals surface area (Å²) in [6, 6.07) is 1.90. The minimum atomic E-state index is -0.231. The van der Waals surface area contributed by atoms with E-state index in [1.54, 1.807) is 9.47 Å². The lowest BCUT2D eigenvalue weighted by molar-refractivity contribution is 0.0747. The van der Waals surface area contributed by atoms with Crippen LogP contribution in [-0.4, -0.2) is 25.3 Å². The molecule has 3 heterocycles. The van der Waals surface area contributed by atoms with Gasteiger partial charge in [-0.15, -0.1) is 0 Å². The van der Waals surface area contributed by atoms with Gasteiger partial charge in [0.2, 0.25) is 0 Å². The summed E-state index contributed by atoms with van der Waals surface area (Å²) in [7, 11) is 0. The lowest BCUT2D eigenvalue weighted by Gasteiger charge is -2.18. The van der Waals surface area contributed by atoms with Crippen LogP contribution in [0.2, 0.25) is 0 Å². The Labute approximate surface area is 153 Å². The van der Waals surface area contributed by atoms with Crippen molar-refractivity contribution in [1.29, 1.82) is 0 Å². The molecule has 2 aromatic rings. The zero-order valence-electron chi connectivity index (χ0n) is 16.4. The summed E-state index contributed by atoms with van der Waals surface area (Å²) in [6.45, 7) is 13.2. The van der Waals surface area contributed by atoms with E-state index in [0.29, 0.717) is 19.6 Å². The van der Waals surface area contributed by atoms with E-state index < -0.39 is 0 Å². The fourth-order valence-electron chi connectivity index (χ4n) is 3.40. The van der Waals surface area contributed by atoms with E-state index in [2.05, 4.69) is 30.7 Å². The van der Waals surface area contributed by atoms with Crippen molar-refractivity contribution in [2.45, 2.75) is 66.6 Å². The molecule has 26 heavy (non-hydrogen) atoms. The fraction of sp³-hybridized carbons (Fsp3) is 0.500. The van der Waals surface area contributed by atoms with E-state index in [9.17, 15) is 9.59 Å². The van der Waals surface area contributed by atoms with Crippen LogP contribution in [0.25, 0.3) is 0 Å². The molecule has 1 amide bonds. The molecule has 0 saturated carbocycles. The zero-order chi connectivity index (χ0) is 19.2. The Balaban J connectivity index is 1.95. The first kappa shape index (κ1) is 18.3. The minimum Gasteiger partial charge on any atom is -0.328 e. The quantitative estimate of drug-likeness (QED) is 0.832. The number of carbonyl (C=O) groups excluding carboxylic acids is 1. The molecule has 0 aromatic carbocycles. The lowest BCUT2D eigenvalue weighted by Crippen LogP contribution is -2.35. The molecule has 138 valence electrons. The average Bonchev–Trinajstić information content (AvgIpc) is 2.97. The van der Waals surface area contributed by atoms with Gasteiger partial charge in [-0.05, 0) is 32.4 Å². The molecule has 0 N–H and O–H groups in total. The Morgan fingerprint density at radius 1 is 1.23 bits per heavy atom. The molecule has 2 aromatic heterocycles. The van der Waals surface area contributed by atoms with Crippen molar-refractivity contribution in [2.24, 2.45) is 0 Å². The van der Waals surface area contributed by atoms with E-state index in [1.165, 1.54) is 0 Å². The Morgan fingerprint density at radius 3 is 2.54 bits per heavy atom. The van der Waals surface area contributed by atoms with Crippen molar-refractivity contribution in [3.8, 4) is 0 Å². The molecule has 0 saturated heterocycles. The highest BCUT2D eigenvalue weighted by atomic mass is 16.2. The first-order chi connectivity index (χ1) is 12.1. The predicted octanol–water partition coefficient (Wildman–Crippen LogP) is 2.73. The number of hydrogen-bond acceptors (Lipinski definition) is 4. The maximum Gasteiger partial charge on any atom is 0.263 e. The maximum atomic E-state index is 13.1. The summed E-state index contributed by atoms with van der Waals surface area (Å²) < 4.78 is 1.64. The van der Waals surface area contributed by atoms with Gasteiger partial charge in [-0.2, -0.15) is 0 Å². The molecule has 0 spiro atoms. The van der Waals surface area contributed by atoms with Gasteiger partial charge in [-0.3, -0.25) is 9.59 Å². The van der Waals surface area contributed by atoms with Gasteiger partial charge in [0.05, 0.1) is 12.2 Å². The van der Waals surface area contributed by atoms with Crippen LogP contribution in [0, 0.1) is 13.8 Å². The molecule has 1 aliphatic heterocycles. The third kappa shape index (κ3) is 3.04. The smallest absolute Gasteiger partial charge is 0.263 e. The molecule has 3 rings (SSSR count). The predicted molar refractivity (Wildman–Crippen MR) is 100 cm³/mol. The van der Waals surface area contributed by atoms with Crippen LogP contribution in [0.4, 0.5) is 0 Å². The summed E-state index contributed by atoms with van der Waals surface area (Å²) in [5, 5.41) is 0. The van der Waals surface area contributed by atoms with Crippen LogP contribution < -0.4 is 5.56 Å². The SMILES string of the molecule is CCn1c(C)cc(C)c(C(=O)N2Cc3cnc(C(C)(C)C)nc3C2)c1=O. The van der Waals surface area contributed by atoms with Gasteiger partial charge in [0.1, 0.15) is 11.4 Å². The zero-order valence-corrected chi connectivity index (χ0v) is 16.4. The van der Waals surface area contributed by atoms with Gasteiger partial charge < -0.3 is 9.47 Å². The molecular weight excluding hydrogens is 328 g/mol. The summed E-state index contributed by atoms with van der Waals surface area (Å²) in [4.78, 5) is 36.7. The maximum absolute atomic E-state index is 13.1. The van der Waals surface area contributed by atoms with Gasteiger partial charge in [0, 0.05) is 36.0 Å². The molecular formula is C20H26N4O2. The normalized spacial score (nSPS) is 13.8. The molecule has 0 unspecified atom stereocenters. The third-order valence-electron chi connectivity index (χ3n) is 4.85. The van der Waals surface area contributed by atoms with Gasteiger partial charge in [0.25, 0.3) is 11.5 Å². The van der Waals surface area contributed by atoms with Crippen molar-refractivity contribution in [1.82, 2.24) is 19.4 Å². The van der Waals surface area contributed by atoms with Crippen LogP contribution in [0.5, 0.6) is 0 Å². The molecule has 0 atom stereocenters. The molecule has 0 radical (unpaired) electrons. The van der Waals surface area contributed by atoms with Crippen molar-refractivity contribution < 1.29 is 4.79 Å². The largest absolute Gasteiger partial charge is 0.328 e. The van der Waals surface area contributed by atoms with Gasteiger partial charge in [-0.25, -0.2) is 9.97 Å². The van der Waals surface area contributed by atoms with E-state index >= 15 is 0 Å². The van der Waals surface area contributed by atoms with E-state index in [1.807, 2.05) is 33.0 Å². The average molecular weight is 354 g/mol. The number of amides is 1. The summed E-state index contributed by atoms with van der Waals surface area (Å²) in [6.07, 6.45) is 1.81. The summed E-state index contributed by atoms with van der Waals surface area (Å²) in [5.74, 6) is 0.537. The number of aromatic nitrogens is 3. The molecule has 0 fully saturated rings. The van der Waals surface area contributed by atoms with Crippen molar-refractivity contribution in [2.75, 3.05) is 0 Å². The summed E-state index contributed by atoms with van der Waals surface area (Å²) in [5.41, 5.74) is 3.32. The first-order valence-electron chi connectivity index (χ1n) is 8.99. The van der Waals surface area contributed by atoms with Crippen LogP contribution in [0.15, 0.2) is 17.1 Å². The Hall–Kier alpha value is -2.50. The van der Waals surface area contributed by atoms with Crippen molar-refractivity contribution >= 4 is 5.91 Å². The molecule has 0 bridgehead atoms. The van der Waals surface area contributed by atoms with Crippen molar-refractivity contribution in [3.63, 3.8) is 0 Å². The number of rotatable bonds is 2. The van der Waals surface area contributed by atoms with E-state index in [0.717, 1.165) is 28.3 Å². The van der Waals surface area contributed by atoms with Crippen LogP contribution in [-0.2, 0) is 25.0 Å². The molecule has 6 heteroatoms. The summed E-state index contributed by atoms with van der Waals surface area (Å²) >= 11 is 0. The number of aryl methyl sites for hydroxylation is 2. The number of fused-ring (bicyclic) bond motifs is 1. The fourth-order valence-corrected chi connectivity index (χ4v) is 3.40. The number of hydrogen-bond donors (Lipinski definition) is 0. The van der Waals surface area contributed by atoms with Crippen LogP contribution >= 0.6 is 0 Å². The van der Waals surface area contributed by atoms with E-state index in [-0.39, 0.29) is 22.4 Å². The minimum absolute atomic E-state index is 0.144. The van der Waals surface area contributed by atoms with Crippen LogP contribution in [0.1, 0.15) is 66.4 Å². The second-order valence-electron chi connectivity index (χ2n) is 7.97. The number of carbonyl (C=O) groups is 1. The highest BCUT2D eigenvalue weighted by Gasteiger charge is 2.30. The second kappa shape index (κ2) is 6.34. The highest BCUT2D eigenvalue weighted by Crippen LogP contribution is 2.26.